The van der Waals surface area contributed by atoms with Crippen LogP contribution in [0.1, 0.15) is 51.9 Å². The molecule has 1 amide bonds. The molecule has 0 saturated heterocycles. The predicted octanol–water partition coefficient (Wildman–Crippen LogP) is 1.56. The Morgan fingerprint density at radius 3 is 2.20 bits per heavy atom. The molecule has 3 saturated carbocycles. The lowest BCUT2D eigenvalue weighted by molar-refractivity contribution is -0.137. The molecule has 3 aliphatic carbocycles. The van der Waals surface area contributed by atoms with E-state index in [0.717, 1.165) is 51.5 Å². The molecule has 0 unspecified atom stereocenters. The van der Waals surface area contributed by atoms with Gasteiger partial charge >= 0.3 is 0 Å². The second-order valence-corrected chi connectivity index (χ2v) is 5.40. The molecule has 0 heterocycles. The van der Waals surface area contributed by atoms with Gasteiger partial charge in [-0.2, -0.15) is 0 Å². The van der Waals surface area contributed by atoms with Crippen LogP contribution in [0.2, 0.25) is 0 Å². The average molecular weight is 210 g/mol. The zero-order chi connectivity index (χ0) is 10.9. The zero-order valence-corrected chi connectivity index (χ0v) is 9.64. The minimum Gasteiger partial charge on any atom is -0.356 e. The molecule has 0 aromatic carbocycles. The van der Waals surface area contributed by atoms with Crippen molar-refractivity contribution in [2.45, 2.75) is 57.4 Å². The molecule has 3 rings (SSSR count). The van der Waals surface area contributed by atoms with E-state index in [1.165, 1.54) is 0 Å². The lowest BCUT2D eigenvalue weighted by atomic mass is 9.57. The fourth-order valence-corrected chi connectivity index (χ4v) is 2.98. The van der Waals surface area contributed by atoms with Gasteiger partial charge < -0.3 is 11.1 Å². The van der Waals surface area contributed by atoms with Crippen molar-refractivity contribution in [2.24, 2.45) is 11.1 Å². The van der Waals surface area contributed by atoms with Crippen molar-refractivity contribution in [1.29, 1.82) is 0 Å². The fourth-order valence-electron chi connectivity index (χ4n) is 2.98. The van der Waals surface area contributed by atoms with Crippen LogP contribution in [0.25, 0.3) is 0 Å². The molecule has 0 aliphatic heterocycles. The number of fused-ring (bicyclic) bond motifs is 3. The summed E-state index contributed by atoms with van der Waals surface area (Å²) in [6, 6.07) is 0. The minimum atomic E-state index is -0.0592. The third-order valence-corrected chi connectivity index (χ3v) is 4.32. The molecule has 3 N–H and O–H groups in total. The van der Waals surface area contributed by atoms with Crippen LogP contribution in [-0.2, 0) is 4.79 Å². The molecular formula is C12H22N2O. The standard InChI is InChI=1S/C12H22N2O/c1-2-9-14-10(15)11-3-6-12(13,7-4-11)8-5-11/h2-9,13H2,1H3,(H,14,15). The molecule has 86 valence electrons. The third kappa shape index (κ3) is 1.89. The number of nitrogens with one attached hydrogen (secondary N) is 1. The summed E-state index contributed by atoms with van der Waals surface area (Å²) in [5.74, 6) is 0.283. The van der Waals surface area contributed by atoms with Gasteiger partial charge in [-0.3, -0.25) is 4.79 Å². The number of hydrogen-bond acceptors (Lipinski definition) is 2. The quantitative estimate of drug-likeness (QED) is 0.743. The molecule has 0 radical (unpaired) electrons. The number of rotatable bonds is 3. The lowest BCUT2D eigenvalue weighted by Gasteiger charge is -2.50. The van der Waals surface area contributed by atoms with Gasteiger partial charge in [0.25, 0.3) is 0 Å². The summed E-state index contributed by atoms with van der Waals surface area (Å²) < 4.78 is 0. The second-order valence-electron chi connectivity index (χ2n) is 5.40. The summed E-state index contributed by atoms with van der Waals surface area (Å²) in [4.78, 5) is 12.1. The van der Waals surface area contributed by atoms with Crippen molar-refractivity contribution in [2.75, 3.05) is 6.54 Å². The van der Waals surface area contributed by atoms with Crippen molar-refractivity contribution >= 4 is 5.91 Å². The Labute approximate surface area is 91.8 Å². The van der Waals surface area contributed by atoms with E-state index in [9.17, 15) is 4.79 Å². The Balaban J connectivity index is 1.99. The molecule has 0 aromatic rings. The maximum absolute atomic E-state index is 12.1. The van der Waals surface area contributed by atoms with Gasteiger partial charge in [-0.05, 0) is 44.9 Å². The minimum absolute atomic E-state index is 0.0592. The molecule has 3 fully saturated rings. The van der Waals surface area contributed by atoms with E-state index < -0.39 is 0 Å². The predicted molar refractivity (Wildman–Crippen MR) is 60.4 cm³/mol. The number of nitrogens with two attached hydrogens (primary N) is 1. The van der Waals surface area contributed by atoms with Crippen LogP contribution in [0, 0.1) is 5.41 Å². The van der Waals surface area contributed by atoms with Crippen LogP contribution in [0.15, 0.2) is 0 Å². The van der Waals surface area contributed by atoms with Crippen LogP contribution >= 0.6 is 0 Å². The first-order valence-corrected chi connectivity index (χ1v) is 6.17. The number of carbonyl (C=O) groups excluding carboxylic acids is 1. The summed E-state index contributed by atoms with van der Waals surface area (Å²) in [5.41, 5.74) is 6.23. The molecule has 0 atom stereocenters. The monoisotopic (exact) mass is 210 g/mol. The first-order valence-electron chi connectivity index (χ1n) is 6.17. The maximum Gasteiger partial charge on any atom is 0.226 e. The van der Waals surface area contributed by atoms with Gasteiger partial charge in [0, 0.05) is 17.5 Å². The van der Waals surface area contributed by atoms with Crippen LogP contribution in [0.5, 0.6) is 0 Å². The topological polar surface area (TPSA) is 55.1 Å². The molecular weight excluding hydrogens is 188 g/mol. The molecule has 3 nitrogen and oxygen atoms in total. The number of carbonyl (C=O) groups is 1. The summed E-state index contributed by atoms with van der Waals surface area (Å²) >= 11 is 0. The summed E-state index contributed by atoms with van der Waals surface area (Å²) in [6.07, 6.45) is 7.12. The summed E-state index contributed by atoms with van der Waals surface area (Å²) in [6.45, 7) is 2.90. The molecule has 0 spiro atoms. The van der Waals surface area contributed by atoms with E-state index >= 15 is 0 Å². The van der Waals surface area contributed by atoms with Crippen LogP contribution in [0.4, 0.5) is 0 Å². The van der Waals surface area contributed by atoms with Crippen molar-refractivity contribution in [3.8, 4) is 0 Å². The van der Waals surface area contributed by atoms with Crippen molar-refractivity contribution < 1.29 is 4.79 Å². The zero-order valence-electron chi connectivity index (χ0n) is 9.64. The Morgan fingerprint density at radius 2 is 1.73 bits per heavy atom. The maximum atomic E-state index is 12.1. The smallest absolute Gasteiger partial charge is 0.226 e. The van der Waals surface area contributed by atoms with Gasteiger partial charge in [-0.15, -0.1) is 0 Å². The first kappa shape index (κ1) is 10.9. The highest BCUT2D eigenvalue weighted by molar-refractivity contribution is 5.83. The SMILES string of the molecule is CCCNC(=O)C12CCC(N)(CC1)CC2. The Morgan fingerprint density at radius 1 is 1.20 bits per heavy atom. The molecule has 2 bridgehead atoms. The third-order valence-electron chi connectivity index (χ3n) is 4.32. The van der Waals surface area contributed by atoms with E-state index in [1.807, 2.05) is 0 Å². The van der Waals surface area contributed by atoms with Gasteiger partial charge in [-0.25, -0.2) is 0 Å². The Kier molecular flexibility index (Phi) is 2.75. The molecule has 0 aromatic heterocycles. The summed E-state index contributed by atoms with van der Waals surface area (Å²) in [5, 5.41) is 3.05. The lowest BCUT2D eigenvalue weighted by Crippen LogP contribution is -2.56. The molecule has 15 heavy (non-hydrogen) atoms. The van der Waals surface area contributed by atoms with Crippen molar-refractivity contribution in [3.05, 3.63) is 0 Å². The average Bonchev–Trinajstić information content (AvgIpc) is 2.27. The van der Waals surface area contributed by atoms with E-state index in [-0.39, 0.29) is 16.9 Å². The second kappa shape index (κ2) is 3.78. The Bertz CT molecular complexity index is 238. The van der Waals surface area contributed by atoms with E-state index in [2.05, 4.69) is 12.2 Å². The van der Waals surface area contributed by atoms with Crippen molar-refractivity contribution in [3.63, 3.8) is 0 Å². The van der Waals surface area contributed by atoms with Crippen LogP contribution in [-0.4, -0.2) is 18.0 Å². The normalized spacial score (nSPS) is 39.1. The van der Waals surface area contributed by atoms with E-state index in [0.29, 0.717) is 0 Å². The van der Waals surface area contributed by atoms with Gasteiger partial charge in [-0.1, -0.05) is 6.92 Å². The largest absolute Gasteiger partial charge is 0.356 e. The van der Waals surface area contributed by atoms with Crippen LogP contribution < -0.4 is 11.1 Å². The molecule has 3 aliphatic rings. The van der Waals surface area contributed by atoms with E-state index in [1.54, 1.807) is 0 Å². The highest BCUT2D eigenvalue weighted by Crippen LogP contribution is 2.51. The number of amides is 1. The van der Waals surface area contributed by atoms with Crippen LogP contribution in [0.3, 0.4) is 0 Å². The van der Waals surface area contributed by atoms with Gasteiger partial charge in [0.1, 0.15) is 0 Å². The number of hydrogen-bond donors (Lipinski definition) is 2. The van der Waals surface area contributed by atoms with Crippen molar-refractivity contribution in [1.82, 2.24) is 5.32 Å². The van der Waals surface area contributed by atoms with Gasteiger partial charge in [0.15, 0.2) is 0 Å². The van der Waals surface area contributed by atoms with Gasteiger partial charge in [0.2, 0.25) is 5.91 Å². The molecule has 3 heteroatoms. The summed E-state index contributed by atoms with van der Waals surface area (Å²) in [7, 11) is 0. The highest BCUT2D eigenvalue weighted by Gasteiger charge is 2.50. The van der Waals surface area contributed by atoms with E-state index in [4.69, 9.17) is 5.73 Å². The highest BCUT2D eigenvalue weighted by atomic mass is 16.2. The van der Waals surface area contributed by atoms with Gasteiger partial charge in [0.05, 0.1) is 0 Å². The first-order chi connectivity index (χ1) is 7.10. The Hall–Kier alpha value is -0.570. The fraction of sp³-hybridized carbons (Fsp3) is 0.917.